The second-order valence-electron chi connectivity index (χ2n) is 3.39. The molecule has 0 spiro atoms. The molecule has 64 valence electrons. The molecule has 0 amide bonds. The number of hydrogen-bond acceptors (Lipinski definition) is 2. The molecule has 2 N–H and O–H groups in total. The van der Waals surface area contributed by atoms with E-state index in [2.05, 4.69) is 11.1 Å². The average molecular weight is 162 g/mol. The van der Waals surface area contributed by atoms with Gasteiger partial charge in [-0.25, -0.2) is 0 Å². The Morgan fingerprint density at radius 3 is 3.00 bits per heavy atom. The highest BCUT2D eigenvalue weighted by Crippen LogP contribution is 2.41. The topological polar surface area (TPSA) is 38.9 Å². The van der Waals surface area contributed by atoms with E-state index in [1.807, 2.05) is 12.4 Å². The van der Waals surface area contributed by atoms with Crippen LogP contribution in [0.4, 0.5) is 0 Å². The van der Waals surface area contributed by atoms with E-state index < -0.39 is 0 Å². The minimum Gasteiger partial charge on any atom is -0.330 e. The Morgan fingerprint density at radius 1 is 1.50 bits per heavy atom. The lowest BCUT2D eigenvalue weighted by molar-refractivity contribution is 0.923. The van der Waals surface area contributed by atoms with Gasteiger partial charge in [0.15, 0.2) is 0 Å². The number of nitrogens with zero attached hydrogens (tertiary/aromatic N) is 1. The Kier molecular flexibility index (Phi) is 2.09. The van der Waals surface area contributed by atoms with Gasteiger partial charge < -0.3 is 5.73 Å². The Hall–Kier alpha value is -0.890. The summed E-state index contributed by atoms with van der Waals surface area (Å²) in [5.74, 6) is 0.814. The molecular formula is C10H14N2. The molecule has 2 heteroatoms. The molecule has 1 aromatic rings. The molecule has 1 aliphatic carbocycles. The van der Waals surface area contributed by atoms with Crippen LogP contribution in [0.1, 0.15) is 29.9 Å². The largest absolute Gasteiger partial charge is 0.330 e. The minimum absolute atomic E-state index is 0.728. The summed E-state index contributed by atoms with van der Waals surface area (Å²) in [5, 5.41) is 0. The fraction of sp³-hybridized carbons (Fsp3) is 0.500. The quantitative estimate of drug-likeness (QED) is 0.730. The van der Waals surface area contributed by atoms with Gasteiger partial charge in [0.1, 0.15) is 0 Å². The molecule has 0 saturated heterocycles. The first-order chi connectivity index (χ1) is 5.92. The first-order valence-electron chi connectivity index (χ1n) is 4.54. The van der Waals surface area contributed by atoms with Gasteiger partial charge in [0.2, 0.25) is 0 Å². The van der Waals surface area contributed by atoms with E-state index >= 15 is 0 Å². The van der Waals surface area contributed by atoms with Gasteiger partial charge in [-0.2, -0.15) is 0 Å². The van der Waals surface area contributed by atoms with Crippen molar-refractivity contribution in [1.82, 2.24) is 4.98 Å². The molecule has 0 bridgehead atoms. The van der Waals surface area contributed by atoms with Gasteiger partial charge in [-0.1, -0.05) is 0 Å². The lowest BCUT2D eigenvalue weighted by atomic mass is 10.0. The highest BCUT2D eigenvalue weighted by atomic mass is 14.6. The Labute approximate surface area is 72.8 Å². The summed E-state index contributed by atoms with van der Waals surface area (Å²) in [6.45, 7) is 0.728. The van der Waals surface area contributed by atoms with Crippen molar-refractivity contribution in [3.05, 3.63) is 29.6 Å². The van der Waals surface area contributed by atoms with Crippen LogP contribution in [0.5, 0.6) is 0 Å². The third kappa shape index (κ3) is 1.48. The lowest BCUT2D eigenvalue weighted by Gasteiger charge is -2.05. The molecule has 1 heterocycles. The van der Waals surface area contributed by atoms with Crippen molar-refractivity contribution in [3.63, 3.8) is 0 Å². The zero-order valence-electron chi connectivity index (χ0n) is 7.16. The smallest absolute Gasteiger partial charge is 0.0303 e. The second kappa shape index (κ2) is 3.23. The molecule has 12 heavy (non-hydrogen) atoms. The molecule has 0 aliphatic heterocycles. The first-order valence-corrected chi connectivity index (χ1v) is 4.54. The molecule has 0 radical (unpaired) electrons. The number of rotatable bonds is 3. The third-order valence-corrected chi connectivity index (χ3v) is 2.37. The summed E-state index contributed by atoms with van der Waals surface area (Å²) < 4.78 is 0. The van der Waals surface area contributed by atoms with Crippen molar-refractivity contribution in [2.75, 3.05) is 6.54 Å². The van der Waals surface area contributed by atoms with Crippen LogP contribution in [0.2, 0.25) is 0 Å². The van der Waals surface area contributed by atoms with Crippen LogP contribution in [-0.4, -0.2) is 11.5 Å². The van der Waals surface area contributed by atoms with Crippen molar-refractivity contribution in [3.8, 4) is 0 Å². The molecule has 2 nitrogen and oxygen atoms in total. The van der Waals surface area contributed by atoms with Crippen molar-refractivity contribution < 1.29 is 0 Å². The van der Waals surface area contributed by atoms with Gasteiger partial charge >= 0.3 is 0 Å². The molecule has 0 aromatic carbocycles. The van der Waals surface area contributed by atoms with E-state index in [4.69, 9.17) is 5.73 Å². The summed E-state index contributed by atoms with van der Waals surface area (Å²) in [6.07, 6.45) is 7.51. The van der Waals surface area contributed by atoms with Gasteiger partial charge in [0.05, 0.1) is 0 Å². The maximum absolute atomic E-state index is 5.52. The van der Waals surface area contributed by atoms with Crippen LogP contribution in [0.3, 0.4) is 0 Å². The second-order valence-corrected chi connectivity index (χ2v) is 3.39. The molecule has 0 unspecified atom stereocenters. The fourth-order valence-corrected chi connectivity index (χ4v) is 1.59. The monoisotopic (exact) mass is 162 g/mol. The van der Waals surface area contributed by atoms with E-state index in [-0.39, 0.29) is 0 Å². The Morgan fingerprint density at radius 2 is 2.33 bits per heavy atom. The molecule has 1 saturated carbocycles. The van der Waals surface area contributed by atoms with Crippen LogP contribution in [0.15, 0.2) is 18.5 Å². The first kappa shape index (κ1) is 7.74. The molecule has 1 aliphatic rings. The fourth-order valence-electron chi connectivity index (χ4n) is 1.59. The van der Waals surface area contributed by atoms with E-state index in [9.17, 15) is 0 Å². The lowest BCUT2D eigenvalue weighted by Crippen LogP contribution is -2.05. The molecule has 0 atom stereocenters. The van der Waals surface area contributed by atoms with Gasteiger partial charge in [-0.05, 0) is 48.9 Å². The predicted molar refractivity (Wildman–Crippen MR) is 49.0 cm³/mol. The normalized spacial score (nSPS) is 16.4. The van der Waals surface area contributed by atoms with Crippen LogP contribution < -0.4 is 5.73 Å². The van der Waals surface area contributed by atoms with E-state index in [1.54, 1.807) is 0 Å². The zero-order valence-corrected chi connectivity index (χ0v) is 7.16. The molecule has 2 rings (SSSR count). The van der Waals surface area contributed by atoms with Crippen LogP contribution in [0.25, 0.3) is 0 Å². The molecule has 1 fully saturated rings. The zero-order chi connectivity index (χ0) is 8.39. The van der Waals surface area contributed by atoms with Gasteiger partial charge in [-0.15, -0.1) is 0 Å². The van der Waals surface area contributed by atoms with Crippen molar-refractivity contribution in [2.24, 2.45) is 5.73 Å². The predicted octanol–water partition coefficient (Wildman–Crippen LogP) is 1.46. The van der Waals surface area contributed by atoms with Crippen molar-refractivity contribution in [1.29, 1.82) is 0 Å². The van der Waals surface area contributed by atoms with Gasteiger partial charge in [0, 0.05) is 12.4 Å². The van der Waals surface area contributed by atoms with Crippen molar-refractivity contribution >= 4 is 0 Å². The highest BCUT2D eigenvalue weighted by molar-refractivity contribution is 5.30. The Bertz CT molecular complexity index is 266. The Balaban J connectivity index is 2.24. The van der Waals surface area contributed by atoms with Crippen LogP contribution >= 0.6 is 0 Å². The summed E-state index contributed by atoms with van der Waals surface area (Å²) in [7, 11) is 0. The summed E-state index contributed by atoms with van der Waals surface area (Å²) in [4.78, 5) is 4.12. The SMILES string of the molecule is NCCc1cnccc1C1CC1. The summed E-state index contributed by atoms with van der Waals surface area (Å²) >= 11 is 0. The molecule has 1 aromatic heterocycles. The van der Waals surface area contributed by atoms with Gasteiger partial charge in [0.25, 0.3) is 0 Å². The van der Waals surface area contributed by atoms with E-state index in [0.29, 0.717) is 0 Å². The average Bonchev–Trinajstić information content (AvgIpc) is 2.89. The number of nitrogens with two attached hydrogens (primary N) is 1. The number of hydrogen-bond donors (Lipinski definition) is 1. The van der Waals surface area contributed by atoms with Crippen LogP contribution in [0, 0.1) is 0 Å². The minimum atomic E-state index is 0.728. The standard InChI is InChI=1S/C10H14N2/c11-5-3-9-7-12-6-4-10(9)8-1-2-8/h4,6-8H,1-3,5,11H2. The van der Waals surface area contributed by atoms with E-state index in [1.165, 1.54) is 24.0 Å². The maximum Gasteiger partial charge on any atom is 0.0303 e. The number of aromatic nitrogens is 1. The van der Waals surface area contributed by atoms with Crippen molar-refractivity contribution in [2.45, 2.75) is 25.2 Å². The highest BCUT2D eigenvalue weighted by Gasteiger charge is 2.25. The van der Waals surface area contributed by atoms with Crippen LogP contribution in [-0.2, 0) is 6.42 Å². The maximum atomic E-state index is 5.52. The summed E-state index contributed by atoms with van der Waals surface area (Å²) in [6, 6.07) is 2.14. The number of pyridine rings is 1. The van der Waals surface area contributed by atoms with Gasteiger partial charge in [-0.3, -0.25) is 4.98 Å². The molecular weight excluding hydrogens is 148 g/mol. The summed E-state index contributed by atoms with van der Waals surface area (Å²) in [5.41, 5.74) is 8.35. The third-order valence-electron chi connectivity index (χ3n) is 2.37. The van der Waals surface area contributed by atoms with E-state index in [0.717, 1.165) is 18.9 Å².